The van der Waals surface area contributed by atoms with Crippen molar-refractivity contribution in [3.63, 3.8) is 0 Å². The molecule has 1 aromatic carbocycles. The number of ether oxygens (including phenoxy) is 1. The van der Waals surface area contributed by atoms with E-state index in [0.29, 0.717) is 12.8 Å². The molecule has 1 amide bonds. The van der Waals surface area contributed by atoms with E-state index in [1.807, 2.05) is 0 Å². The van der Waals surface area contributed by atoms with Gasteiger partial charge in [-0.1, -0.05) is 18.0 Å². The number of nitrogens with one attached hydrogen (secondary N) is 1. The van der Waals surface area contributed by atoms with Gasteiger partial charge in [0.05, 0.1) is 10.8 Å². The van der Waals surface area contributed by atoms with Gasteiger partial charge in [0.1, 0.15) is 10.8 Å². The van der Waals surface area contributed by atoms with Crippen LogP contribution in [0.1, 0.15) is 32.1 Å². The summed E-state index contributed by atoms with van der Waals surface area (Å²) in [7, 11) is 0. The minimum absolute atomic E-state index is 0.0400. The molecule has 2 aliphatic rings. The topological polar surface area (TPSA) is 116 Å². The Kier molecular flexibility index (Phi) is 5.74. The van der Waals surface area contributed by atoms with Gasteiger partial charge < -0.3 is 10.1 Å². The van der Waals surface area contributed by atoms with Crippen molar-refractivity contribution in [3.8, 4) is 0 Å². The SMILES string of the molecule is O=C(COC(=O)C1CC2CCCC(C1)C2=O)Nc1ccc(Cl)c([N+](=O)[O-])c1. The van der Waals surface area contributed by atoms with Gasteiger partial charge in [0, 0.05) is 23.6 Å². The molecular formula is C18H19ClN2O6. The van der Waals surface area contributed by atoms with Gasteiger partial charge in [-0.15, -0.1) is 0 Å². The third kappa shape index (κ3) is 4.44. The first-order chi connectivity index (χ1) is 12.8. The van der Waals surface area contributed by atoms with Crippen LogP contribution in [-0.4, -0.2) is 29.2 Å². The second-order valence-electron chi connectivity index (χ2n) is 6.97. The fraction of sp³-hybridized carbons (Fsp3) is 0.500. The van der Waals surface area contributed by atoms with Crippen molar-refractivity contribution >= 4 is 40.6 Å². The molecule has 2 aliphatic carbocycles. The second-order valence-corrected chi connectivity index (χ2v) is 7.38. The molecule has 2 bridgehead atoms. The number of Topliss-reactive ketones (excluding diaryl/α,β-unsaturated/α-hetero) is 1. The van der Waals surface area contributed by atoms with E-state index in [1.54, 1.807) is 0 Å². The number of benzene rings is 1. The molecule has 0 aromatic heterocycles. The van der Waals surface area contributed by atoms with Crippen molar-refractivity contribution in [1.29, 1.82) is 0 Å². The zero-order chi connectivity index (χ0) is 19.6. The molecule has 3 rings (SSSR count). The Balaban J connectivity index is 1.52. The fourth-order valence-electron chi connectivity index (χ4n) is 3.85. The van der Waals surface area contributed by atoms with Crippen LogP contribution in [0.15, 0.2) is 18.2 Å². The van der Waals surface area contributed by atoms with Crippen LogP contribution in [0.25, 0.3) is 0 Å². The molecule has 2 fully saturated rings. The van der Waals surface area contributed by atoms with Gasteiger partial charge in [0.15, 0.2) is 6.61 Å². The van der Waals surface area contributed by atoms with Gasteiger partial charge in [0.25, 0.3) is 11.6 Å². The molecular weight excluding hydrogens is 376 g/mol. The average molecular weight is 395 g/mol. The average Bonchev–Trinajstić information content (AvgIpc) is 2.61. The summed E-state index contributed by atoms with van der Waals surface area (Å²) >= 11 is 5.72. The maximum Gasteiger partial charge on any atom is 0.309 e. The van der Waals surface area contributed by atoms with E-state index in [1.165, 1.54) is 12.1 Å². The number of hydrogen-bond donors (Lipinski definition) is 1. The van der Waals surface area contributed by atoms with Crippen LogP contribution in [0.2, 0.25) is 5.02 Å². The summed E-state index contributed by atoms with van der Waals surface area (Å²) < 4.78 is 5.10. The van der Waals surface area contributed by atoms with Crippen LogP contribution >= 0.6 is 11.6 Å². The molecule has 0 aliphatic heterocycles. The normalized spacial score (nSPS) is 24.2. The van der Waals surface area contributed by atoms with Gasteiger partial charge in [-0.05, 0) is 37.8 Å². The highest BCUT2D eigenvalue weighted by molar-refractivity contribution is 6.32. The Morgan fingerprint density at radius 3 is 2.56 bits per heavy atom. The highest BCUT2D eigenvalue weighted by atomic mass is 35.5. The van der Waals surface area contributed by atoms with Gasteiger partial charge in [0.2, 0.25) is 0 Å². The number of hydrogen-bond acceptors (Lipinski definition) is 6. The van der Waals surface area contributed by atoms with Crippen molar-refractivity contribution < 1.29 is 24.0 Å². The fourth-order valence-corrected chi connectivity index (χ4v) is 4.04. The van der Waals surface area contributed by atoms with E-state index in [2.05, 4.69) is 5.32 Å². The number of ketones is 1. The molecule has 27 heavy (non-hydrogen) atoms. The van der Waals surface area contributed by atoms with Gasteiger partial charge in [-0.25, -0.2) is 0 Å². The van der Waals surface area contributed by atoms with Gasteiger partial charge in [-0.3, -0.25) is 24.5 Å². The number of rotatable bonds is 5. The Morgan fingerprint density at radius 2 is 1.93 bits per heavy atom. The lowest BCUT2D eigenvalue weighted by Gasteiger charge is -2.36. The molecule has 1 aromatic rings. The number of esters is 1. The molecule has 2 unspecified atom stereocenters. The number of carbonyl (C=O) groups is 3. The summed E-state index contributed by atoms with van der Waals surface area (Å²) in [6, 6.07) is 3.86. The number of fused-ring (bicyclic) bond motifs is 2. The predicted molar refractivity (Wildman–Crippen MR) is 96.3 cm³/mol. The Bertz CT molecular complexity index is 780. The molecule has 2 atom stereocenters. The number of carbonyl (C=O) groups excluding carboxylic acids is 3. The molecule has 0 radical (unpaired) electrons. The van der Waals surface area contributed by atoms with Crippen LogP contribution < -0.4 is 5.32 Å². The third-order valence-corrected chi connectivity index (χ3v) is 5.47. The maximum absolute atomic E-state index is 12.3. The largest absolute Gasteiger partial charge is 0.455 e. The Hall–Kier alpha value is -2.48. The van der Waals surface area contributed by atoms with Gasteiger partial charge in [-0.2, -0.15) is 0 Å². The van der Waals surface area contributed by atoms with Crippen molar-refractivity contribution in [3.05, 3.63) is 33.3 Å². The Labute approximate surface area is 160 Å². The predicted octanol–water partition coefficient (Wildman–Crippen LogP) is 3.13. The molecule has 0 saturated heterocycles. The van der Waals surface area contributed by atoms with E-state index in [-0.39, 0.29) is 39.9 Å². The number of halogens is 1. The quantitative estimate of drug-likeness (QED) is 0.466. The van der Waals surface area contributed by atoms with E-state index < -0.39 is 23.4 Å². The smallest absolute Gasteiger partial charge is 0.309 e. The van der Waals surface area contributed by atoms with Crippen LogP contribution in [0.4, 0.5) is 11.4 Å². The van der Waals surface area contributed by atoms with Crippen LogP contribution in [0.3, 0.4) is 0 Å². The lowest BCUT2D eigenvalue weighted by atomic mass is 9.67. The summed E-state index contributed by atoms with van der Waals surface area (Å²) in [4.78, 5) is 46.5. The zero-order valence-electron chi connectivity index (χ0n) is 14.5. The van der Waals surface area contributed by atoms with Crippen molar-refractivity contribution in [2.75, 3.05) is 11.9 Å². The summed E-state index contributed by atoms with van der Waals surface area (Å²) in [5.41, 5.74) is -0.144. The lowest BCUT2D eigenvalue weighted by molar-refractivity contribution is -0.384. The number of nitro groups is 1. The van der Waals surface area contributed by atoms with Crippen LogP contribution in [0.5, 0.6) is 0 Å². The summed E-state index contributed by atoms with van der Waals surface area (Å²) in [5.74, 6) is -1.32. The van der Waals surface area contributed by atoms with Crippen LogP contribution in [-0.2, 0) is 19.1 Å². The molecule has 1 N–H and O–H groups in total. The van der Waals surface area contributed by atoms with Gasteiger partial charge >= 0.3 is 5.97 Å². The summed E-state index contributed by atoms with van der Waals surface area (Å²) in [5, 5.41) is 13.3. The molecule has 0 spiro atoms. The van der Waals surface area contributed by atoms with E-state index in [9.17, 15) is 24.5 Å². The first-order valence-corrected chi connectivity index (χ1v) is 9.17. The first-order valence-electron chi connectivity index (χ1n) is 8.79. The van der Waals surface area contributed by atoms with E-state index in [0.717, 1.165) is 25.3 Å². The third-order valence-electron chi connectivity index (χ3n) is 5.15. The van der Waals surface area contributed by atoms with E-state index in [4.69, 9.17) is 16.3 Å². The second kappa shape index (κ2) is 8.04. The van der Waals surface area contributed by atoms with Crippen molar-refractivity contribution in [1.82, 2.24) is 0 Å². The number of nitro benzene ring substituents is 1. The van der Waals surface area contributed by atoms with Crippen molar-refractivity contribution in [2.24, 2.45) is 17.8 Å². The highest BCUT2D eigenvalue weighted by Crippen LogP contribution is 2.40. The van der Waals surface area contributed by atoms with Crippen LogP contribution in [0, 0.1) is 27.9 Å². The standard InChI is InChI=1S/C18H19ClN2O6/c19-14-5-4-13(8-15(14)21(25)26)20-16(22)9-27-18(24)12-6-10-2-1-3-11(7-12)17(10)23/h4-5,8,10-12H,1-3,6-7,9H2,(H,20,22). The molecule has 8 nitrogen and oxygen atoms in total. The molecule has 0 heterocycles. The summed E-state index contributed by atoms with van der Waals surface area (Å²) in [6.45, 7) is -0.491. The highest BCUT2D eigenvalue weighted by Gasteiger charge is 2.41. The molecule has 2 saturated carbocycles. The maximum atomic E-state index is 12.3. The molecule has 9 heteroatoms. The minimum Gasteiger partial charge on any atom is -0.455 e. The summed E-state index contributed by atoms with van der Waals surface area (Å²) in [6.07, 6.45) is 3.61. The zero-order valence-corrected chi connectivity index (χ0v) is 15.2. The number of amides is 1. The number of nitrogens with zero attached hydrogens (tertiary/aromatic N) is 1. The van der Waals surface area contributed by atoms with E-state index >= 15 is 0 Å². The Morgan fingerprint density at radius 1 is 1.26 bits per heavy atom. The monoisotopic (exact) mass is 394 g/mol. The minimum atomic E-state index is -0.654. The lowest BCUT2D eigenvalue weighted by Crippen LogP contribution is -2.40. The van der Waals surface area contributed by atoms with Crippen molar-refractivity contribution in [2.45, 2.75) is 32.1 Å². The number of anilines is 1. The first kappa shape index (κ1) is 19.3. The molecule has 144 valence electrons.